The smallest absolute Gasteiger partial charge is 0.191 e. The van der Waals surface area contributed by atoms with Crippen molar-refractivity contribution < 1.29 is 0 Å². The van der Waals surface area contributed by atoms with Crippen molar-refractivity contribution in [2.75, 3.05) is 0 Å². The van der Waals surface area contributed by atoms with Gasteiger partial charge in [0.1, 0.15) is 0 Å². The maximum Gasteiger partial charge on any atom is 0.191 e. The SMILES string of the molecule is Cn1c(SCc2ccc(Cl)cc2Cl)nnc1-c1ccncc1. The van der Waals surface area contributed by atoms with Gasteiger partial charge < -0.3 is 4.57 Å². The van der Waals surface area contributed by atoms with Crippen LogP contribution in [0.2, 0.25) is 10.0 Å². The predicted octanol–water partition coefficient (Wildman–Crippen LogP) is 4.48. The van der Waals surface area contributed by atoms with E-state index in [9.17, 15) is 0 Å². The summed E-state index contributed by atoms with van der Waals surface area (Å²) in [4.78, 5) is 4.01. The molecule has 4 nitrogen and oxygen atoms in total. The van der Waals surface area contributed by atoms with Gasteiger partial charge >= 0.3 is 0 Å². The highest BCUT2D eigenvalue weighted by molar-refractivity contribution is 7.98. The second kappa shape index (κ2) is 6.69. The zero-order chi connectivity index (χ0) is 15.5. The Morgan fingerprint density at radius 3 is 2.59 bits per heavy atom. The molecule has 0 N–H and O–H groups in total. The van der Waals surface area contributed by atoms with Gasteiger partial charge in [-0.15, -0.1) is 10.2 Å². The first-order valence-electron chi connectivity index (χ1n) is 6.51. The van der Waals surface area contributed by atoms with Crippen LogP contribution in [0.4, 0.5) is 0 Å². The first-order valence-corrected chi connectivity index (χ1v) is 8.26. The molecule has 112 valence electrons. The summed E-state index contributed by atoms with van der Waals surface area (Å²) in [7, 11) is 1.95. The van der Waals surface area contributed by atoms with Gasteiger partial charge in [0, 0.05) is 40.8 Å². The summed E-state index contributed by atoms with van der Waals surface area (Å²) in [6.07, 6.45) is 3.48. The van der Waals surface area contributed by atoms with E-state index in [1.165, 1.54) is 0 Å². The highest BCUT2D eigenvalue weighted by Crippen LogP contribution is 2.29. The lowest BCUT2D eigenvalue weighted by molar-refractivity contribution is 0.793. The van der Waals surface area contributed by atoms with Crippen molar-refractivity contribution >= 4 is 35.0 Å². The Morgan fingerprint density at radius 2 is 1.86 bits per heavy atom. The van der Waals surface area contributed by atoms with Crippen LogP contribution in [0.3, 0.4) is 0 Å². The molecule has 1 aromatic carbocycles. The lowest BCUT2D eigenvalue weighted by Gasteiger charge is -2.05. The monoisotopic (exact) mass is 350 g/mol. The number of thioether (sulfide) groups is 1. The zero-order valence-electron chi connectivity index (χ0n) is 11.7. The quantitative estimate of drug-likeness (QED) is 0.650. The second-order valence-corrected chi connectivity index (χ2v) is 6.41. The van der Waals surface area contributed by atoms with Crippen LogP contribution in [0.1, 0.15) is 5.56 Å². The van der Waals surface area contributed by atoms with Crippen LogP contribution < -0.4 is 0 Å². The van der Waals surface area contributed by atoms with Gasteiger partial charge in [-0.05, 0) is 29.8 Å². The van der Waals surface area contributed by atoms with Crippen molar-refractivity contribution in [1.82, 2.24) is 19.7 Å². The van der Waals surface area contributed by atoms with E-state index >= 15 is 0 Å². The summed E-state index contributed by atoms with van der Waals surface area (Å²) in [5.41, 5.74) is 2.01. The molecule has 0 radical (unpaired) electrons. The lowest BCUT2D eigenvalue weighted by Crippen LogP contribution is -1.95. The second-order valence-electron chi connectivity index (χ2n) is 4.63. The fourth-order valence-electron chi connectivity index (χ4n) is 1.97. The van der Waals surface area contributed by atoms with Gasteiger partial charge in [0.2, 0.25) is 0 Å². The zero-order valence-corrected chi connectivity index (χ0v) is 14.0. The minimum absolute atomic E-state index is 0.636. The van der Waals surface area contributed by atoms with Crippen LogP contribution in [0.5, 0.6) is 0 Å². The minimum atomic E-state index is 0.636. The Labute approximate surface area is 142 Å². The number of hydrogen-bond acceptors (Lipinski definition) is 4. The topological polar surface area (TPSA) is 43.6 Å². The van der Waals surface area contributed by atoms with E-state index in [0.29, 0.717) is 15.8 Å². The summed E-state index contributed by atoms with van der Waals surface area (Å²) in [6.45, 7) is 0. The van der Waals surface area contributed by atoms with Crippen molar-refractivity contribution in [2.24, 2.45) is 7.05 Å². The normalized spacial score (nSPS) is 10.9. The highest BCUT2D eigenvalue weighted by atomic mass is 35.5. The maximum absolute atomic E-state index is 6.19. The number of aromatic nitrogens is 4. The van der Waals surface area contributed by atoms with E-state index in [4.69, 9.17) is 23.2 Å². The molecule has 2 aromatic heterocycles. The van der Waals surface area contributed by atoms with Crippen molar-refractivity contribution in [2.45, 2.75) is 10.9 Å². The van der Waals surface area contributed by atoms with Gasteiger partial charge in [-0.1, -0.05) is 41.0 Å². The first-order chi connectivity index (χ1) is 10.6. The molecule has 0 saturated carbocycles. The van der Waals surface area contributed by atoms with Crippen LogP contribution in [-0.2, 0) is 12.8 Å². The molecule has 0 aliphatic carbocycles. The molecule has 3 rings (SSSR count). The molecule has 0 unspecified atom stereocenters. The summed E-state index contributed by atoms with van der Waals surface area (Å²) in [5.74, 6) is 1.52. The third-order valence-electron chi connectivity index (χ3n) is 3.15. The van der Waals surface area contributed by atoms with E-state index in [0.717, 1.165) is 22.1 Å². The molecule has 0 aliphatic rings. The van der Waals surface area contributed by atoms with Crippen molar-refractivity contribution in [1.29, 1.82) is 0 Å². The Hall–Kier alpha value is -1.56. The average molecular weight is 351 g/mol. The third kappa shape index (κ3) is 3.27. The molecular formula is C15H12Cl2N4S. The number of nitrogens with zero attached hydrogens (tertiary/aromatic N) is 4. The average Bonchev–Trinajstić information content (AvgIpc) is 2.88. The van der Waals surface area contributed by atoms with Crippen LogP contribution in [-0.4, -0.2) is 19.7 Å². The summed E-state index contributed by atoms with van der Waals surface area (Å²) in [5, 5.41) is 10.6. The number of halogens is 2. The molecule has 0 fully saturated rings. The number of hydrogen-bond donors (Lipinski definition) is 0. The highest BCUT2D eigenvalue weighted by Gasteiger charge is 2.12. The van der Waals surface area contributed by atoms with Crippen molar-refractivity contribution in [3.05, 3.63) is 58.3 Å². The van der Waals surface area contributed by atoms with Crippen LogP contribution in [0, 0.1) is 0 Å². The molecule has 0 aliphatic heterocycles. The fraction of sp³-hybridized carbons (Fsp3) is 0.133. The Kier molecular flexibility index (Phi) is 4.66. The number of benzene rings is 1. The molecule has 7 heteroatoms. The maximum atomic E-state index is 6.19. The Balaban J connectivity index is 1.78. The molecule has 0 bridgehead atoms. The fourth-order valence-corrected chi connectivity index (χ4v) is 3.44. The largest absolute Gasteiger partial charge is 0.305 e. The van der Waals surface area contributed by atoms with Crippen molar-refractivity contribution in [3.63, 3.8) is 0 Å². The van der Waals surface area contributed by atoms with Gasteiger partial charge in [0.25, 0.3) is 0 Å². The number of pyridine rings is 1. The van der Waals surface area contributed by atoms with Gasteiger partial charge in [-0.3, -0.25) is 4.98 Å². The molecule has 0 amide bonds. The first kappa shape index (κ1) is 15.3. The molecule has 0 saturated heterocycles. The van der Waals surface area contributed by atoms with E-state index in [1.807, 2.05) is 35.9 Å². The van der Waals surface area contributed by atoms with E-state index in [1.54, 1.807) is 30.2 Å². The van der Waals surface area contributed by atoms with Gasteiger partial charge in [-0.2, -0.15) is 0 Å². The summed E-state index contributed by atoms with van der Waals surface area (Å²) < 4.78 is 1.96. The summed E-state index contributed by atoms with van der Waals surface area (Å²) >= 11 is 13.7. The molecule has 0 atom stereocenters. The predicted molar refractivity (Wildman–Crippen MR) is 90.3 cm³/mol. The van der Waals surface area contributed by atoms with Crippen LogP contribution >= 0.6 is 35.0 Å². The Bertz CT molecular complexity index is 789. The van der Waals surface area contributed by atoms with E-state index in [2.05, 4.69) is 15.2 Å². The van der Waals surface area contributed by atoms with E-state index in [-0.39, 0.29) is 0 Å². The Morgan fingerprint density at radius 1 is 1.09 bits per heavy atom. The molecular weight excluding hydrogens is 339 g/mol. The summed E-state index contributed by atoms with van der Waals surface area (Å²) in [6, 6.07) is 9.33. The van der Waals surface area contributed by atoms with Crippen LogP contribution in [0.15, 0.2) is 47.9 Å². The van der Waals surface area contributed by atoms with Gasteiger partial charge in [0.05, 0.1) is 0 Å². The van der Waals surface area contributed by atoms with Crippen molar-refractivity contribution in [3.8, 4) is 11.4 Å². The standard InChI is InChI=1S/C15H12Cl2N4S/c1-21-14(10-4-6-18-7-5-10)19-20-15(21)22-9-11-2-3-12(16)8-13(11)17/h2-8H,9H2,1H3. The molecule has 22 heavy (non-hydrogen) atoms. The van der Waals surface area contributed by atoms with E-state index < -0.39 is 0 Å². The number of rotatable bonds is 4. The third-order valence-corrected chi connectivity index (χ3v) is 4.80. The molecule has 2 heterocycles. The van der Waals surface area contributed by atoms with Gasteiger partial charge in [0.15, 0.2) is 11.0 Å². The lowest BCUT2D eigenvalue weighted by atomic mass is 10.2. The molecule has 3 aromatic rings. The van der Waals surface area contributed by atoms with Gasteiger partial charge in [-0.25, -0.2) is 0 Å². The van der Waals surface area contributed by atoms with Crippen LogP contribution in [0.25, 0.3) is 11.4 Å². The minimum Gasteiger partial charge on any atom is -0.305 e. The molecule has 0 spiro atoms.